The summed E-state index contributed by atoms with van der Waals surface area (Å²) in [6, 6.07) is 5.61. The van der Waals surface area contributed by atoms with Gasteiger partial charge >= 0.3 is 5.91 Å². The van der Waals surface area contributed by atoms with E-state index in [1.165, 1.54) is 0 Å². The molecule has 1 aliphatic heterocycles. The Kier molecular flexibility index (Phi) is 4.71. The second-order valence-corrected chi connectivity index (χ2v) is 5.50. The zero-order valence-corrected chi connectivity index (χ0v) is 13.9. The Morgan fingerprint density at radius 1 is 1.29 bits per heavy atom. The number of methoxy groups -OCH3 is 2. The molecule has 0 spiro atoms. The summed E-state index contributed by atoms with van der Waals surface area (Å²) in [5.74, 6) is 1.78. The number of carbonyl (C=O) groups is 1. The standard InChI is InChI=1S/C17H20N2O5/c1-11-9-18-16(24-11)17(20)19-6-7-23-15(10-19)12-4-5-13(21-2)14(8-12)22-3/h4-5,8-9,15H,6-7,10H2,1-3H3. The van der Waals surface area contributed by atoms with Crippen LogP contribution >= 0.6 is 0 Å². The first-order valence-corrected chi connectivity index (χ1v) is 7.67. The third-order valence-corrected chi connectivity index (χ3v) is 3.94. The fourth-order valence-electron chi connectivity index (χ4n) is 2.68. The van der Waals surface area contributed by atoms with Crippen molar-refractivity contribution in [1.29, 1.82) is 0 Å². The first kappa shape index (κ1) is 16.3. The summed E-state index contributed by atoms with van der Waals surface area (Å²) in [4.78, 5) is 18.2. The summed E-state index contributed by atoms with van der Waals surface area (Å²) in [6.45, 7) is 3.14. The average Bonchev–Trinajstić information content (AvgIpc) is 3.07. The van der Waals surface area contributed by atoms with Crippen molar-refractivity contribution >= 4 is 5.91 Å². The number of hydrogen-bond acceptors (Lipinski definition) is 6. The Balaban J connectivity index is 1.77. The van der Waals surface area contributed by atoms with E-state index in [-0.39, 0.29) is 17.9 Å². The SMILES string of the molecule is COc1ccc(C2CN(C(=O)c3ncc(C)o3)CCO2)cc1OC. The van der Waals surface area contributed by atoms with Gasteiger partial charge < -0.3 is 23.5 Å². The van der Waals surface area contributed by atoms with Crippen LogP contribution in [-0.4, -0.2) is 49.7 Å². The van der Waals surface area contributed by atoms with Gasteiger partial charge in [-0.15, -0.1) is 0 Å². The van der Waals surface area contributed by atoms with Crippen molar-refractivity contribution in [2.75, 3.05) is 33.9 Å². The van der Waals surface area contributed by atoms with E-state index < -0.39 is 0 Å². The number of hydrogen-bond donors (Lipinski definition) is 0. The molecule has 128 valence electrons. The predicted molar refractivity (Wildman–Crippen MR) is 85.4 cm³/mol. The van der Waals surface area contributed by atoms with Gasteiger partial charge in [0.25, 0.3) is 5.89 Å². The molecule has 0 bridgehead atoms. The molecular weight excluding hydrogens is 312 g/mol. The van der Waals surface area contributed by atoms with Crippen LogP contribution in [0, 0.1) is 6.92 Å². The number of carbonyl (C=O) groups excluding carboxylic acids is 1. The number of morpholine rings is 1. The molecule has 1 unspecified atom stereocenters. The number of amides is 1. The van der Waals surface area contributed by atoms with Crippen molar-refractivity contribution in [3.8, 4) is 11.5 Å². The van der Waals surface area contributed by atoms with Gasteiger partial charge in [0.2, 0.25) is 0 Å². The molecule has 3 rings (SSSR count). The summed E-state index contributed by atoms with van der Waals surface area (Å²) in [7, 11) is 3.18. The third-order valence-electron chi connectivity index (χ3n) is 3.94. The lowest BCUT2D eigenvalue weighted by atomic mass is 10.1. The molecule has 7 heteroatoms. The molecule has 1 aliphatic rings. The Hall–Kier alpha value is -2.54. The van der Waals surface area contributed by atoms with E-state index in [0.29, 0.717) is 37.0 Å². The van der Waals surface area contributed by atoms with Crippen LogP contribution in [0.3, 0.4) is 0 Å². The third kappa shape index (κ3) is 3.21. The lowest BCUT2D eigenvalue weighted by molar-refractivity contribution is -0.0241. The van der Waals surface area contributed by atoms with E-state index in [0.717, 1.165) is 5.56 Å². The molecule has 0 saturated carbocycles. The lowest BCUT2D eigenvalue weighted by Gasteiger charge is -2.32. The first-order valence-electron chi connectivity index (χ1n) is 7.67. The number of aryl methyl sites for hydroxylation is 1. The van der Waals surface area contributed by atoms with E-state index in [2.05, 4.69) is 4.98 Å². The monoisotopic (exact) mass is 332 g/mol. The first-order chi connectivity index (χ1) is 11.6. The molecule has 1 fully saturated rings. The molecule has 0 radical (unpaired) electrons. The van der Waals surface area contributed by atoms with Gasteiger partial charge in [0, 0.05) is 6.54 Å². The van der Waals surface area contributed by atoms with E-state index in [1.54, 1.807) is 32.2 Å². The molecule has 1 aromatic carbocycles. The van der Waals surface area contributed by atoms with Gasteiger partial charge in [0.15, 0.2) is 11.5 Å². The lowest BCUT2D eigenvalue weighted by Crippen LogP contribution is -2.42. The number of ether oxygens (including phenoxy) is 3. The second kappa shape index (κ2) is 6.92. The molecule has 2 heterocycles. The summed E-state index contributed by atoms with van der Waals surface area (Å²) in [5, 5.41) is 0. The van der Waals surface area contributed by atoms with Crippen LogP contribution in [0.2, 0.25) is 0 Å². The minimum absolute atomic E-state index is 0.112. The number of aromatic nitrogens is 1. The summed E-state index contributed by atoms with van der Waals surface area (Å²) >= 11 is 0. The van der Waals surface area contributed by atoms with Crippen LogP contribution < -0.4 is 9.47 Å². The molecule has 1 amide bonds. The number of benzene rings is 1. The van der Waals surface area contributed by atoms with Gasteiger partial charge in [0.05, 0.1) is 33.6 Å². The molecule has 7 nitrogen and oxygen atoms in total. The van der Waals surface area contributed by atoms with Crippen molar-refractivity contribution < 1.29 is 23.4 Å². The highest BCUT2D eigenvalue weighted by Crippen LogP contribution is 2.32. The molecule has 1 aromatic heterocycles. The van der Waals surface area contributed by atoms with Crippen LogP contribution in [0.5, 0.6) is 11.5 Å². The fourth-order valence-corrected chi connectivity index (χ4v) is 2.68. The summed E-state index contributed by atoms with van der Waals surface area (Å²) < 4.78 is 21.7. The Morgan fingerprint density at radius 2 is 2.08 bits per heavy atom. The maximum absolute atomic E-state index is 12.5. The van der Waals surface area contributed by atoms with Gasteiger partial charge in [-0.1, -0.05) is 6.07 Å². The Bertz CT molecular complexity index is 728. The second-order valence-electron chi connectivity index (χ2n) is 5.50. The number of rotatable bonds is 4. The maximum Gasteiger partial charge on any atom is 0.309 e. The topological polar surface area (TPSA) is 74.0 Å². The highest BCUT2D eigenvalue weighted by molar-refractivity contribution is 5.89. The fraction of sp³-hybridized carbons (Fsp3) is 0.412. The van der Waals surface area contributed by atoms with Crippen molar-refractivity contribution in [3.05, 3.63) is 41.6 Å². The van der Waals surface area contributed by atoms with Gasteiger partial charge in [-0.25, -0.2) is 4.98 Å². The molecular formula is C17H20N2O5. The van der Waals surface area contributed by atoms with Crippen molar-refractivity contribution in [1.82, 2.24) is 9.88 Å². The Labute approximate surface area is 140 Å². The van der Waals surface area contributed by atoms with Crippen LogP contribution in [0.1, 0.15) is 28.1 Å². The molecule has 1 atom stereocenters. The predicted octanol–water partition coefficient (Wildman–Crippen LogP) is 2.21. The number of oxazole rings is 1. The molecule has 1 saturated heterocycles. The largest absolute Gasteiger partial charge is 0.493 e. The van der Waals surface area contributed by atoms with Crippen LogP contribution in [0.15, 0.2) is 28.8 Å². The maximum atomic E-state index is 12.5. The normalized spacial score (nSPS) is 17.6. The van der Waals surface area contributed by atoms with Gasteiger partial charge in [0.1, 0.15) is 11.9 Å². The molecule has 0 N–H and O–H groups in total. The molecule has 0 aliphatic carbocycles. The van der Waals surface area contributed by atoms with E-state index in [4.69, 9.17) is 18.6 Å². The van der Waals surface area contributed by atoms with Crippen LogP contribution in [0.25, 0.3) is 0 Å². The van der Waals surface area contributed by atoms with E-state index >= 15 is 0 Å². The van der Waals surface area contributed by atoms with Gasteiger partial charge in [-0.3, -0.25) is 4.79 Å². The van der Waals surface area contributed by atoms with Crippen molar-refractivity contribution in [2.45, 2.75) is 13.0 Å². The van der Waals surface area contributed by atoms with E-state index in [1.807, 2.05) is 18.2 Å². The quantitative estimate of drug-likeness (QED) is 0.855. The minimum atomic E-state index is -0.237. The highest BCUT2D eigenvalue weighted by Gasteiger charge is 2.29. The smallest absolute Gasteiger partial charge is 0.309 e. The summed E-state index contributed by atoms with van der Waals surface area (Å²) in [6.07, 6.45) is 1.30. The Morgan fingerprint density at radius 3 is 2.75 bits per heavy atom. The minimum Gasteiger partial charge on any atom is -0.493 e. The van der Waals surface area contributed by atoms with Crippen molar-refractivity contribution in [3.63, 3.8) is 0 Å². The van der Waals surface area contributed by atoms with Gasteiger partial charge in [-0.05, 0) is 24.6 Å². The zero-order chi connectivity index (χ0) is 17.1. The molecule has 24 heavy (non-hydrogen) atoms. The van der Waals surface area contributed by atoms with Crippen LogP contribution in [-0.2, 0) is 4.74 Å². The zero-order valence-electron chi connectivity index (χ0n) is 13.9. The summed E-state index contributed by atoms with van der Waals surface area (Å²) in [5.41, 5.74) is 0.925. The van der Waals surface area contributed by atoms with Gasteiger partial charge in [-0.2, -0.15) is 0 Å². The number of nitrogens with zero attached hydrogens (tertiary/aromatic N) is 2. The van der Waals surface area contributed by atoms with Crippen LogP contribution in [0.4, 0.5) is 0 Å². The highest BCUT2D eigenvalue weighted by atomic mass is 16.5. The van der Waals surface area contributed by atoms with E-state index in [9.17, 15) is 4.79 Å². The average molecular weight is 332 g/mol. The molecule has 2 aromatic rings. The van der Waals surface area contributed by atoms with Crippen molar-refractivity contribution in [2.24, 2.45) is 0 Å².